The van der Waals surface area contributed by atoms with Crippen molar-refractivity contribution < 1.29 is 24.2 Å². The molecule has 1 N–H and O–H groups in total. The average molecular weight is 335 g/mol. The third-order valence-electron chi connectivity index (χ3n) is 4.01. The molecule has 7 heteroatoms. The van der Waals surface area contributed by atoms with Crippen LogP contribution in [0, 0.1) is 6.92 Å². The van der Waals surface area contributed by atoms with Gasteiger partial charge < -0.3 is 19.5 Å². The molecule has 1 saturated heterocycles. The van der Waals surface area contributed by atoms with Crippen LogP contribution in [0.4, 0.5) is 0 Å². The van der Waals surface area contributed by atoms with Gasteiger partial charge in [-0.2, -0.15) is 0 Å². The number of hydrogen-bond donors (Lipinski definition) is 1. The summed E-state index contributed by atoms with van der Waals surface area (Å²) in [6.45, 7) is 2.54. The summed E-state index contributed by atoms with van der Waals surface area (Å²) in [5.41, 5.74) is 0.851. The van der Waals surface area contributed by atoms with Crippen molar-refractivity contribution in [2.24, 2.45) is 0 Å². The zero-order valence-corrected chi connectivity index (χ0v) is 13.7. The fraction of sp³-hybridized carbons (Fsp3) is 0.375. The summed E-state index contributed by atoms with van der Waals surface area (Å²) in [5.74, 6) is -0.566. The van der Waals surface area contributed by atoms with Gasteiger partial charge in [0.1, 0.15) is 5.75 Å². The van der Waals surface area contributed by atoms with Crippen molar-refractivity contribution >= 4 is 33.3 Å². The van der Waals surface area contributed by atoms with Crippen LogP contribution in [0.1, 0.15) is 15.2 Å². The minimum atomic E-state index is -1.04. The number of hydrogen-bond acceptors (Lipinski definition) is 5. The topological polar surface area (TPSA) is 76.1 Å². The zero-order valence-electron chi connectivity index (χ0n) is 12.9. The summed E-state index contributed by atoms with van der Waals surface area (Å²) >= 11 is 1.38. The molecule has 0 saturated carbocycles. The highest BCUT2D eigenvalue weighted by Gasteiger charge is 2.34. The number of thiophene rings is 1. The summed E-state index contributed by atoms with van der Waals surface area (Å²) in [7, 11) is 1.60. The van der Waals surface area contributed by atoms with E-state index >= 15 is 0 Å². The molecule has 1 aliphatic rings. The van der Waals surface area contributed by atoms with E-state index in [0.29, 0.717) is 11.5 Å². The quantitative estimate of drug-likeness (QED) is 0.930. The van der Waals surface area contributed by atoms with Gasteiger partial charge in [-0.25, -0.2) is 4.79 Å². The molecule has 6 nitrogen and oxygen atoms in total. The monoisotopic (exact) mass is 335 g/mol. The Bertz CT molecular complexity index is 769. The Balaban J connectivity index is 2.00. The number of carboxylic acid groups (broad SMARTS) is 1. The highest BCUT2D eigenvalue weighted by molar-refractivity contribution is 7.21. The number of rotatable bonds is 3. The van der Waals surface area contributed by atoms with Gasteiger partial charge in [-0.1, -0.05) is 0 Å². The second-order valence-electron chi connectivity index (χ2n) is 5.35. The maximum absolute atomic E-state index is 12.8. The van der Waals surface area contributed by atoms with Crippen molar-refractivity contribution in [1.29, 1.82) is 0 Å². The van der Waals surface area contributed by atoms with Crippen LogP contribution < -0.4 is 4.74 Å². The molecule has 0 spiro atoms. The molecule has 1 aromatic carbocycles. The van der Waals surface area contributed by atoms with Crippen LogP contribution in [-0.4, -0.2) is 54.8 Å². The van der Waals surface area contributed by atoms with Gasteiger partial charge in [-0.3, -0.25) is 4.79 Å². The molecule has 122 valence electrons. The number of morpholine rings is 1. The molecular weight excluding hydrogens is 318 g/mol. The highest BCUT2D eigenvalue weighted by atomic mass is 32.1. The van der Waals surface area contributed by atoms with E-state index in [1.165, 1.54) is 16.2 Å². The maximum Gasteiger partial charge on any atom is 0.328 e. The van der Waals surface area contributed by atoms with Gasteiger partial charge in [0.2, 0.25) is 0 Å². The van der Waals surface area contributed by atoms with E-state index in [9.17, 15) is 14.7 Å². The molecule has 1 fully saturated rings. The number of fused-ring (bicyclic) bond motifs is 1. The predicted molar refractivity (Wildman–Crippen MR) is 86.4 cm³/mol. The van der Waals surface area contributed by atoms with E-state index in [0.717, 1.165) is 21.4 Å². The van der Waals surface area contributed by atoms with Gasteiger partial charge in [0.15, 0.2) is 6.04 Å². The van der Waals surface area contributed by atoms with Crippen molar-refractivity contribution in [1.82, 2.24) is 4.90 Å². The Morgan fingerprint density at radius 2 is 2.22 bits per heavy atom. The number of nitrogens with zero attached hydrogens (tertiary/aromatic N) is 1. The number of amides is 1. The molecule has 1 aliphatic heterocycles. The Labute approximate surface area is 137 Å². The van der Waals surface area contributed by atoms with Crippen molar-refractivity contribution in [2.45, 2.75) is 13.0 Å². The van der Waals surface area contributed by atoms with Crippen LogP contribution in [0.15, 0.2) is 18.2 Å². The first-order chi connectivity index (χ1) is 11.0. The van der Waals surface area contributed by atoms with Crippen LogP contribution in [0.25, 0.3) is 10.1 Å². The molecule has 0 aliphatic carbocycles. The van der Waals surface area contributed by atoms with E-state index in [1.54, 1.807) is 7.11 Å². The van der Waals surface area contributed by atoms with E-state index in [4.69, 9.17) is 9.47 Å². The third-order valence-corrected chi connectivity index (χ3v) is 5.27. The van der Waals surface area contributed by atoms with Crippen LogP contribution in [0.3, 0.4) is 0 Å². The maximum atomic E-state index is 12.8. The largest absolute Gasteiger partial charge is 0.497 e. The lowest BCUT2D eigenvalue weighted by Gasteiger charge is -2.32. The summed E-state index contributed by atoms with van der Waals surface area (Å²) in [4.78, 5) is 26.2. The lowest BCUT2D eigenvalue weighted by atomic mass is 10.1. The lowest BCUT2D eigenvalue weighted by Crippen LogP contribution is -2.52. The third kappa shape index (κ3) is 2.77. The SMILES string of the molecule is COc1ccc2sc(C(=O)N3CCOCC3C(=O)O)c(C)c2c1. The molecule has 0 radical (unpaired) electrons. The highest BCUT2D eigenvalue weighted by Crippen LogP contribution is 2.34. The number of benzene rings is 1. The fourth-order valence-electron chi connectivity index (χ4n) is 2.71. The Morgan fingerprint density at radius 1 is 1.43 bits per heavy atom. The van der Waals surface area contributed by atoms with E-state index < -0.39 is 12.0 Å². The first-order valence-electron chi connectivity index (χ1n) is 7.21. The van der Waals surface area contributed by atoms with Gasteiger partial charge >= 0.3 is 5.97 Å². The van der Waals surface area contributed by atoms with Gasteiger partial charge in [-0.15, -0.1) is 11.3 Å². The number of ether oxygens (including phenoxy) is 2. The number of aliphatic carboxylic acids is 1. The fourth-order valence-corrected chi connectivity index (χ4v) is 3.86. The van der Waals surface area contributed by atoms with Crippen LogP contribution in [0.5, 0.6) is 5.75 Å². The number of carbonyl (C=O) groups is 2. The summed E-state index contributed by atoms with van der Waals surface area (Å²) < 4.78 is 11.4. The predicted octanol–water partition coefficient (Wildman–Crippen LogP) is 2.14. The molecule has 1 atom stereocenters. The minimum Gasteiger partial charge on any atom is -0.497 e. The first kappa shape index (κ1) is 15.8. The molecule has 23 heavy (non-hydrogen) atoms. The lowest BCUT2D eigenvalue weighted by molar-refractivity contribution is -0.147. The summed E-state index contributed by atoms with van der Waals surface area (Å²) in [5, 5.41) is 10.3. The van der Waals surface area contributed by atoms with Crippen molar-refractivity contribution in [2.75, 3.05) is 26.9 Å². The second kappa shape index (κ2) is 6.17. The second-order valence-corrected chi connectivity index (χ2v) is 6.40. The molecule has 0 bridgehead atoms. The summed E-state index contributed by atoms with van der Waals surface area (Å²) in [6, 6.07) is 4.72. The molecule has 2 aromatic rings. The Kier molecular flexibility index (Phi) is 4.23. The molecule has 1 aromatic heterocycles. The summed E-state index contributed by atoms with van der Waals surface area (Å²) in [6.07, 6.45) is 0. The molecule has 3 rings (SSSR count). The normalized spacial score (nSPS) is 18.2. The molecular formula is C16H17NO5S. The van der Waals surface area contributed by atoms with Gasteiger partial charge in [0, 0.05) is 11.2 Å². The molecule has 1 amide bonds. The van der Waals surface area contributed by atoms with Crippen LogP contribution in [-0.2, 0) is 9.53 Å². The first-order valence-corrected chi connectivity index (χ1v) is 8.03. The van der Waals surface area contributed by atoms with E-state index in [-0.39, 0.29) is 19.1 Å². The Hall–Kier alpha value is -2.12. The minimum absolute atomic E-state index is 0.0266. The molecule has 1 unspecified atom stereocenters. The molecule has 2 heterocycles. The average Bonchev–Trinajstić information content (AvgIpc) is 2.90. The number of carbonyl (C=O) groups excluding carboxylic acids is 1. The van der Waals surface area contributed by atoms with E-state index in [2.05, 4.69) is 0 Å². The van der Waals surface area contributed by atoms with Gasteiger partial charge in [-0.05, 0) is 36.1 Å². The van der Waals surface area contributed by atoms with Gasteiger partial charge in [0.25, 0.3) is 5.91 Å². The zero-order chi connectivity index (χ0) is 16.6. The van der Waals surface area contributed by atoms with Crippen molar-refractivity contribution in [3.05, 3.63) is 28.6 Å². The van der Waals surface area contributed by atoms with E-state index in [1.807, 2.05) is 25.1 Å². The Morgan fingerprint density at radius 3 is 2.91 bits per heavy atom. The van der Waals surface area contributed by atoms with Crippen molar-refractivity contribution in [3.63, 3.8) is 0 Å². The van der Waals surface area contributed by atoms with Crippen LogP contribution >= 0.6 is 11.3 Å². The standard InChI is InChI=1S/C16H17NO5S/c1-9-11-7-10(21-2)3-4-13(11)23-14(9)15(18)17-5-6-22-8-12(17)16(19)20/h3-4,7,12H,5-6,8H2,1-2H3,(H,19,20). The van der Waals surface area contributed by atoms with Crippen LogP contribution in [0.2, 0.25) is 0 Å². The number of methoxy groups -OCH3 is 1. The van der Waals surface area contributed by atoms with Gasteiger partial charge in [0.05, 0.1) is 25.2 Å². The number of carboxylic acids is 1. The smallest absolute Gasteiger partial charge is 0.328 e. The number of aryl methyl sites for hydroxylation is 1. The van der Waals surface area contributed by atoms with Crippen molar-refractivity contribution in [3.8, 4) is 5.75 Å².